The summed E-state index contributed by atoms with van der Waals surface area (Å²) in [6.07, 6.45) is 7.68. The van der Waals surface area contributed by atoms with Crippen molar-refractivity contribution in [2.24, 2.45) is 0 Å². The van der Waals surface area contributed by atoms with Gasteiger partial charge in [-0.15, -0.1) is 0 Å². The molecule has 0 fully saturated rings. The third-order valence-corrected chi connectivity index (χ3v) is 3.05. The molecule has 0 saturated carbocycles. The Balaban J connectivity index is 1.96. The lowest BCUT2D eigenvalue weighted by Gasteiger charge is -2.22. The lowest BCUT2D eigenvalue weighted by atomic mass is 10.1. The molecule has 0 spiro atoms. The van der Waals surface area contributed by atoms with Gasteiger partial charge in [0.25, 0.3) is 0 Å². The minimum absolute atomic E-state index is 0.138. The molecular formula is C14H19FN4. The van der Waals surface area contributed by atoms with Gasteiger partial charge >= 0.3 is 0 Å². The van der Waals surface area contributed by atoms with E-state index < -0.39 is 0 Å². The SMILES string of the molecule is CCC(NC(C)Cn1ccnc1)c1ccc(F)cn1. The number of rotatable bonds is 6. The molecule has 0 aromatic carbocycles. The molecule has 2 atom stereocenters. The highest BCUT2D eigenvalue weighted by molar-refractivity contribution is 5.09. The molecule has 1 N–H and O–H groups in total. The van der Waals surface area contributed by atoms with Crippen molar-refractivity contribution in [3.8, 4) is 0 Å². The molecule has 2 unspecified atom stereocenters. The molecule has 5 heteroatoms. The molecule has 0 aliphatic carbocycles. The molecular weight excluding hydrogens is 243 g/mol. The van der Waals surface area contributed by atoms with Crippen LogP contribution in [-0.2, 0) is 6.54 Å². The van der Waals surface area contributed by atoms with Gasteiger partial charge in [-0.2, -0.15) is 0 Å². The number of nitrogens with one attached hydrogen (secondary N) is 1. The lowest BCUT2D eigenvalue weighted by Crippen LogP contribution is -2.33. The zero-order valence-corrected chi connectivity index (χ0v) is 11.3. The van der Waals surface area contributed by atoms with Crippen molar-refractivity contribution in [1.29, 1.82) is 0 Å². The van der Waals surface area contributed by atoms with Crippen molar-refractivity contribution in [3.05, 3.63) is 48.6 Å². The summed E-state index contributed by atoms with van der Waals surface area (Å²) in [5.41, 5.74) is 0.876. The Kier molecular flexibility index (Phi) is 4.63. The summed E-state index contributed by atoms with van der Waals surface area (Å²) in [5, 5.41) is 3.51. The van der Waals surface area contributed by atoms with E-state index in [0.29, 0.717) is 0 Å². The normalized spacial score (nSPS) is 14.3. The second-order valence-corrected chi connectivity index (χ2v) is 4.69. The molecule has 2 rings (SSSR count). The molecule has 0 amide bonds. The van der Waals surface area contributed by atoms with Crippen molar-refractivity contribution >= 4 is 0 Å². The summed E-state index contributed by atoms with van der Waals surface area (Å²) in [4.78, 5) is 8.17. The molecule has 102 valence electrons. The summed E-state index contributed by atoms with van der Waals surface area (Å²) < 4.78 is 14.9. The highest BCUT2D eigenvalue weighted by Gasteiger charge is 2.14. The summed E-state index contributed by atoms with van der Waals surface area (Å²) in [6, 6.07) is 3.61. The minimum Gasteiger partial charge on any atom is -0.336 e. The van der Waals surface area contributed by atoms with Crippen molar-refractivity contribution in [2.75, 3.05) is 0 Å². The van der Waals surface area contributed by atoms with Gasteiger partial charge in [0.15, 0.2) is 0 Å². The monoisotopic (exact) mass is 262 g/mol. The first-order chi connectivity index (χ1) is 9.19. The quantitative estimate of drug-likeness (QED) is 0.870. The van der Waals surface area contributed by atoms with Crippen LogP contribution in [-0.4, -0.2) is 20.6 Å². The van der Waals surface area contributed by atoms with Crippen molar-refractivity contribution in [2.45, 2.75) is 38.9 Å². The molecule has 2 heterocycles. The molecule has 0 aliphatic rings. The maximum atomic E-state index is 12.9. The van der Waals surface area contributed by atoms with Gasteiger partial charge < -0.3 is 9.88 Å². The predicted octanol–water partition coefficient (Wildman–Crippen LogP) is 2.55. The maximum absolute atomic E-state index is 12.9. The fourth-order valence-electron chi connectivity index (χ4n) is 2.11. The summed E-state index contributed by atoms with van der Waals surface area (Å²) in [6.45, 7) is 5.05. The zero-order valence-electron chi connectivity index (χ0n) is 11.3. The Morgan fingerprint density at radius 3 is 2.84 bits per heavy atom. The Labute approximate surface area is 112 Å². The van der Waals surface area contributed by atoms with E-state index in [9.17, 15) is 4.39 Å². The van der Waals surface area contributed by atoms with Crippen LogP contribution in [0.3, 0.4) is 0 Å². The van der Waals surface area contributed by atoms with Gasteiger partial charge in [-0.3, -0.25) is 4.98 Å². The topological polar surface area (TPSA) is 42.7 Å². The average molecular weight is 262 g/mol. The standard InChI is InChI=1S/C14H19FN4/c1-3-13(14-5-4-12(15)8-17-14)18-11(2)9-19-7-6-16-10-19/h4-8,10-11,13,18H,3,9H2,1-2H3. The summed E-state index contributed by atoms with van der Waals surface area (Å²) in [7, 11) is 0. The van der Waals surface area contributed by atoms with Gasteiger partial charge in [0.2, 0.25) is 0 Å². The zero-order chi connectivity index (χ0) is 13.7. The number of nitrogens with zero attached hydrogens (tertiary/aromatic N) is 3. The fourth-order valence-corrected chi connectivity index (χ4v) is 2.11. The van der Waals surface area contributed by atoms with E-state index in [-0.39, 0.29) is 17.9 Å². The lowest BCUT2D eigenvalue weighted by molar-refractivity contribution is 0.400. The van der Waals surface area contributed by atoms with Crippen LogP contribution in [0.2, 0.25) is 0 Å². The highest BCUT2D eigenvalue weighted by atomic mass is 19.1. The first-order valence-electron chi connectivity index (χ1n) is 6.52. The van der Waals surface area contributed by atoms with Crippen molar-refractivity contribution in [1.82, 2.24) is 19.9 Å². The molecule has 0 bridgehead atoms. The number of aromatic nitrogens is 3. The van der Waals surface area contributed by atoms with Gasteiger partial charge in [-0.25, -0.2) is 9.37 Å². The highest BCUT2D eigenvalue weighted by Crippen LogP contribution is 2.15. The molecule has 0 saturated heterocycles. The van der Waals surface area contributed by atoms with E-state index >= 15 is 0 Å². The number of imidazole rings is 1. The third kappa shape index (κ3) is 3.86. The molecule has 0 radical (unpaired) electrons. The van der Waals surface area contributed by atoms with Crippen molar-refractivity contribution in [3.63, 3.8) is 0 Å². The molecule has 2 aromatic heterocycles. The van der Waals surface area contributed by atoms with Gasteiger partial charge in [-0.1, -0.05) is 6.92 Å². The van der Waals surface area contributed by atoms with E-state index in [0.717, 1.165) is 18.7 Å². The molecule has 19 heavy (non-hydrogen) atoms. The van der Waals surface area contributed by atoms with Crippen LogP contribution in [0.4, 0.5) is 4.39 Å². The maximum Gasteiger partial charge on any atom is 0.141 e. The van der Waals surface area contributed by atoms with E-state index in [4.69, 9.17) is 0 Å². The van der Waals surface area contributed by atoms with Gasteiger partial charge in [-0.05, 0) is 25.5 Å². The van der Waals surface area contributed by atoms with Gasteiger partial charge in [0.05, 0.1) is 18.2 Å². The fraction of sp³-hybridized carbons (Fsp3) is 0.429. The van der Waals surface area contributed by atoms with Crippen LogP contribution in [0.5, 0.6) is 0 Å². The molecule has 0 aliphatic heterocycles. The van der Waals surface area contributed by atoms with E-state index in [1.54, 1.807) is 18.6 Å². The number of hydrogen-bond donors (Lipinski definition) is 1. The summed E-state index contributed by atoms with van der Waals surface area (Å²) in [5.74, 6) is -0.301. The Hall–Kier alpha value is -1.75. The Morgan fingerprint density at radius 2 is 2.26 bits per heavy atom. The van der Waals surface area contributed by atoms with E-state index in [2.05, 4.69) is 29.1 Å². The van der Waals surface area contributed by atoms with Crippen LogP contribution in [0.15, 0.2) is 37.1 Å². The van der Waals surface area contributed by atoms with E-state index in [1.165, 1.54) is 12.3 Å². The predicted molar refractivity (Wildman–Crippen MR) is 72.1 cm³/mol. The van der Waals surface area contributed by atoms with Gasteiger partial charge in [0.1, 0.15) is 5.82 Å². The first-order valence-corrected chi connectivity index (χ1v) is 6.52. The number of hydrogen-bond acceptors (Lipinski definition) is 3. The Bertz CT molecular complexity index is 481. The molecule has 4 nitrogen and oxygen atoms in total. The van der Waals surface area contributed by atoms with Crippen LogP contribution in [0.25, 0.3) is 0 Å². The van der Waals surface area contributed by atoms with Crippen LogP contribution < -0.4 is 5.32 Å². The van der Waals surface area contributed by atoms with E-state index in [1.807, 2.05) is 10.8 Å². The number of halogens is 1. The second-order valence-electron chi connectivity index (χ2n) is 4.69. The minimum atomic E-state index is -0.301. The van der Waals surface area contributed by atoms with Crippen LogP contribution in [0.1, 0.15) is 32.0 Å². The van der Waals surface area contributed by atoms with Gasteiger partial charge in [0, 0.05) is 31.0 Å². The van der Waals surface area contributed by atoms with Crippen molar-refractivity contribution < 1.29 is 4.39 Å². The molecule has 2 aromatic rings. The average Bonchev–Trinajstić information content (AvgIpc) is 2.90. The Morgan fingerprint density at radius 1 is 1.42 bits per heavy atom. The second kappa shape index (κ2) is 6.43. The van der Waals surface area contributed by atoms with Crippen LogP contribution in [0, 0.1) is 5.82 Å². The van der Waals surface area contributed by atoms with Crippen LogP contribution >= 0.6 is 0 Å². The number of pyridine rings is 1. The summed E-state index contributed by atoms with van der Waals surface area (Å²) >= 11 is 0. The first kappa shape index (κ1) is 13.7. The third-order valence-electron chi connectivity index (χ3n) is 3.05. The largest absolute Gasteiger partial charge is 0.336 e. The smallest absolute Gasteiger partial charge is 0.141 e.